The van der Waals surface area contributed by atoms with Crippen LogP contribution in [0.4, 0.5) is 0 Å². The summed E-state index contributed by atoms with van der Waals surface area (Å²) >= 11 is 0. The summed E-state index contributed by atoms with van der Waals surface area (Å²) in [5.74, 6) is 0.174. The lowest BCUT2D eigenvalue weighted by molar-refractivity contribution is -0.118. The van der Waals surface area contributed by atoms with Crippen LogP contribution >= 0.6 is 0 Å². The first-order valence-electron chi connectivity index (χ1n) is 4.90. The standard InChI is InChI=1S/C11H14O2.C2H4/c1-10(12)7-8-13-9-11-5-3-2-4-6-11;1-2/h2-6H,7-9H2,1H3;1-2H2. The van der Waals surface area contributed by atoms with Crippen molar-refractivity contribution in [3.05, 3.63) is 49.1 Å². The first-order valence-corrected chi connectivity index (χ1v) is 4.90. The summed E-state index contributed by atoms with van der Waals surface area (Å²) in [7, 11) is 0. The number of carbonyl (C=O) groups excluding carboxylic acids is 1. The van der Waals surface area contributed by atoms with E-state index in [1.54, 1.807) is 6.92 Å². The predicted molar refractivity (Wildman–Crippen MR) is 62.7 cm³/mol. The molecule has 0 radical (unpaired) electrons. The Morgan fingerprint density at radius 2 is 1.87 bits per heavy atom. The van der Waals surface area contributed by atoms with E-state index < -0.39 is 0 Å². The fraction of sp³-hybridized carbons (Fsp3) is 0.308. The number of hydrogen-bond acceptors (Lipinski definition) is 2. The third-order valence-corrected chi connectivity index (χ3v) is 1.71. The van der Waals surface area contributed by atoms with Crippen molar-refractivity contribution < 1.29 is 9.53 Å². The highest BCUT2D eigenvalue weighted by Crippen LogP contribution is 2.00. The van der Waals surface area contributed by atoms with Crippen LogP contribution in [0, 0.1) is 0 Å². The minimum Gasteiger partial charge on any atom is -0.376 e. The molecule has 2 nitrogen and oxygen atoms in total. The van der Waals surface area contributed by atoms with E-state index in [4.69, 9.17) is 4.74 Å². The molecule has 15 heavy (non-hydrogen) atoms. The molecule has 0 aliphatic rings. The number of ketones is 1. The Morgan fingerprint density at radius 3 is 2.40 bits per heavy atom. The minimum atomic E-state index is 0.174. The maximum absolute atomic E-state index is 10.6. The fourth-order valence-corrected chi connectivity index (χ4v) is 0.980. The van der Waals surface area contributed by atoms with Gasteiger partial charge in [0.1, 0.15) is 5.78 Å². The van der Waals surface area contributed by atoms with Gasteiger partial charge in [-0.05, 0) is 12.5 Å². The summed E-state index contributed by atoms with van der Waals surface area (Å²) in [5, 5.41) is 0. The highest BCUT2D eigenvalue weighted by molar-refractivity contribution is 5.75. The molecule has 0 aliphatic carbocycles. The molecule has 1 aromatic carbocycles. The molecule has 1 aromatic rings. The van der Waals surface area contributed by atoms with E-state index in [0.29, 0.717) is 19.6 Å². The van der Waals surface area contributed by atoms with Gasteiger partial charge in [-0.15, -0.1) is 13.2 Å². The molecule has 0 spiro atoms. The average Bonchev–Trinajstić information content (AvgIpc) is 2.28. The van der Waals surface area contributed by atoms with Crippen LogP contribution in [0.1, 0.15) is 18.9 Å². The maximum Gasteiger partial charge on any atom is 0.132 e. The third kappa shape index (κ3) is 7.65. The van der Waals surface area contributed by atoms with Crippen LogP contribution in [0.15, 0.2) is 43.5 Å². The summed E-state index contributed by atoms with van der Waals surface area (Å²) in [6.07, 6.45) is 0.507. The van der Waals surface area contributed by atoms with Crippen molar-refractivity contribution in [2.45, 2.75) is 20.0 Å². The Bertz CT molecular complexity index is 267. The SMILES string of the molecule is C=C.CC(=O)CCOCc1ccccc1. The minimum absolute atomic E-state index is 0.174. The number of ether oxygens (including phenoxy) is 1. The first kappa shape index (κ1) is 13.6. The summed E-state index contributed by atoms with van der Waals surface area (Å²) < 4.78 is 5.31. The van der Waals surface area contributed by atoms with Gasteiger partial charge >= 0.3 is 0 Å². The Balaban J connectivity index is 0.000000921. The molecule has 82 valence electrons. The van der Waals surface area contributed by atoms with Crippen molar-refractivity contribution in [2.24, 2.45) is 0 Å². The lowest BCUT2D eigenvalue weighted by Crippen LogP contribution is -2.00. The van der Waals surface area contributed by atoms with Gasteiger partial charge in [-0.3, -0.25) is 4.79 Å². The quantitative estimate of drug-likeness (QED) is 0.547. The zero-order valence-electron chi connectivity index (χ0n) is 9.24. The summed E-state index contributed by atoms with van der Waals surface area (Å²) in [6, 6.07) is 9.94. The molecule has 0 fully saturated rings. The maximum atomic E-state index is 10.6. The van der Waals surface area contributed by atoms with Gasteiger partial charge in [-0.1, -0.05) is 30.3 Å². The molecule has 0 amide bonds. The number of Topliss-reactive ketones (excluding diaryl/α,β-unsaturated/α-hetero) is 1. The molecule has 0 saturated heterocycles. The molecule has 0 unspecified atom stereocenters. The lowest BCUT2D eigenvalue weighted by Gasteiger charge is -2.01. The zero-order chi connectivity index (χ0) is 11.5. The van der Waals surface area contributed by atoms with Gasteiger partial charge in [-0.25, -0.2) is 0 Å². The van der Waals surface area contributed by atoms with Crippen LogP contribution in [-0.2, 0) is 16.1 Å². The monoisotopic (exact) mass is 206 g/mol. The van der Waals surface area contributed by atoms with Crippen molar-refractivity contribution in [3.8, 4) is 0 Å². The number of carbonyl (C=O) groups is 1. The fourth-order valence-electron chi connectivity index (χ4n) is 0.980. The van der Waals surface area contributed by atoms with Crippen molar-refractivity contribution in [1.29, 1.82) is 0 Å². The number of hydrogen-bond donors (Lipinski definition) is 0. The summed E-state index contributed by atoms with van der Waals surface area (Å²) in [4.78, 5) is 10.6. The average molecular weight is 206 g/mol. The second-order valence-electron chi connectivity index (χ2n) is 2.99. The second-order valence-corrected chi connectivity index (χ2v) is 2.99. The van der Waals surface area contributed by atoms with Crippen LogP contribution in [-0.4, -0.2) is 12.4 Å². The molecule has 0 bridgehead atoms. The highest BCUT2D eigenvalue weighted by Gasteiger charge is 1.94. The Labute approximate surface area is 91.6 Å². The van der Waals surface area contributed by atoms with Gasteiger partial charge in [0.05, 0.1) is 13.2 Å². The summed E-state index contributed by atoms with van der Waals surface area (Å²) in [5.41, 5.74) is 1.14. The molecular formula is C13H18O2. The zero-order valence-corrected chi connectivity index (χ0v) is 9.24. The van der Waals surface area contributed by atoms with Gasteiger partial charge < -0.3 is 4.74 Å². The molecule has 0 N–H and O–H groups in total. The third-order valence-electron chi connectivity index (χ3n) is 1.71. The van der Waals surface area contributed by atoms with E-state index in [1.807, 2.05) is 30.3 Å². The van der Waals surface area contributed by atoms with Crippen molar-refractivity contribution >= 4 is 5.78 Å². The van der Waals surface area contributed by atoms with Gasteiger partial charge in [0.2, 0.25) is 0 Å². The van der Waals surface area contributed by atoms with E-state index in [-0.39, 0.29) is 5.78 Å². The first-order chi connectivity index (χ1) is 7.29. The highest BCUT2D eigenvalue weighted by atomic mass is 16.5. The topological polar surface area (TPSA) is 26.3 Å². The lowest BCUT2D eigenvalue weighted by atomic mass is 10.2. The molecule has 0 heterocycles. The smallest absolute Gasteiger partial charge is 0.132 e. The van der Waals surface area contributed by atoms with Gasteiger partial charge in [0, 0.05) is 6.42 Å². The van der Waals surface area contributed by atoms with Crippen LogP contribution < -0.4 is 0 Å². The molecule has 0 saturated carbocycles. The molecule has 2 heteroatoms. The van der Waals surface area contributed by atoms with Gasteiger partial charge in [0.25, 0.3) is 0 Å². The second kappa shape index (κ2) is 9.16. The van der Waals surface area contributed by atoms with E-state index in [9.17, 15) is 4.79 Å². The predicted octanol–water partition coefficient (Wildman–Crippen LogP) is 2.98. The van der Waals surface area contributed by atoms with E-state index >= 15 is 0 Å². The molecule has 0 aromatic heterocycles. The molecule has 0 atom stereocenters. The Kier molecular flexibility index (Phi) is 8.30. The van der Waals surface area contributed by atoms with Gasteiger partial charge in [0.15, 0.2) is 0 Å². The normalized spacial score (nSPS) is 8.87. The Hall–Kier alpha value is -1.41. The van der Waals surface area contributed by atoms with Crippen LogP contribution in [0.2, 0.25) is 0 Å². The van der Waals surface area contributed by atoms with Crippen molar-refractivity contribution in [3.63, 3.8) is 0 Å². The van der Waals surface area contributed by atoms with Crippen LogP contribution in [0.25, 0.3) is 0 Å². The van der Waals surface area contributed by atoms with Crippen molar-refractivity contribution in [1.82, 2.24) is 0 Å². The van der Waals surface area contributed by atoms with E-state index in [1.165, 1.54) is 0 Å². The largest absolute Gasteiger partial charge is 0.376 e. The molecular weight excluding hydrogens is 188 g/mol. The van der Waals surface area contributed by atoms with Crippen LogP contribution in [0.5, 0.6) is 0 Å². The van der Waals surface area contributed by atoms with Gasteiger partial charge in [-0.2, -0.15) is 0 Å². The Morgan fingerprint density at radius 1 is 1.27 bits per heavy atom. The van der Waals surface area contributed by atoms with Crippen molar-refractivity contribution in [2.75, 3.05) is 6.61 Å². The number of rotatable bonds is 5. The molecule has 0 aliphatic heterocycles. The van der Waals surface area contributed by atoms with Crippen LogP contribution in [0.3, 0.4) is 0 Å². The summed E-state index contributed by atoms with van der Waals surface area (Å²) in [6.45, 7) is 8.68. The van der Waals surface area contributed by atoms with E-state index in [2.05, 4.69) is 13.2 Å². The number of benzene rings is 1. The molecule has 1 rings (SSSR count). The van der Waals surface area contributed by atoms with E-state index in [0.717, 1.165) is 5.56 Å².